The number of rotatable bonds is 7. The van der Waals surface area contributed by atoms with E-state index in [1.54, 1.807) is 12.0 Å². The molecule has 0 spiro atoms. The van der Waals surface area contributed by atoms with E-state index in [0.29, 0.717) is 13.0 Å². The number of carboxylic acid groups (broad SMARTS) is 1. The van der Waals surface area contributed by atoms with Gasteiger partial charge in [0.05, 0.1) is 19.7 Å². The van der Waals surface area contributed by atoms with Gasteiger partial charge in [-0.2, -0.15) is 0 Å². The lowest BCUT2D eigenvalue weighted by atomic mass is 9.95. The van der Waals surface area contributed by atoms with E-state index in [9.17, 15) is 14.7 Å². The second-order valence-electron chi connectivity index (χ2n) is 6.88. The highest BCUT2D eigenvalue weighted by atomic mass is 16.5. The molecule has 2 rings (SSSR count). The maximum atomic E-state index is 12.5. The van der Waals surface area contributed by atoms with Crippen molar-refractivity contribution in [2.45, 2.75) is 45.2 Å². The van der Waals surface area contributed by atoms with Gasteiger partial charge in [0.15, 0.2) is 0 Å². The third kappa shape index (κ3) is 5.19. The van der Waals surface area contributed by atoms with Gasteiger partial charge in [-0.25, -0.2) is 0 Å². The van der Waals surface area contributed by atoms with Gasteiger partial charge in [0, 0.05) is 0 Å². The summed E-state index contributed by atoms with van der Waals surface area (Å²) in [5.41, 5.74) is 1.01. The average Bonchev–Trinajstić information content (AvgIpc) is 2.60. The quantitative estimate of drug-likeness (QED) is 0.791. The monoisotopic (exact) mass is 348 g/mol. The Morgan fingerprint density at radius 1 is 1.28 bits per heavy atom. The van der Waals surface area contributed by atoms with E-state index < -0.39 is 12.0 Å². The molecule has 0 saturated carbocycles. The van der Waals surface area contributed by atoms with Crippen molar-refractivity contribution in [3.8, 4) is 5.75 Å². The van der Waals surface area contributed by atoms with E-state index in [4.69, 9.17) is 4.74 Å². The lowest BCUT2D eigenvalue weighted by Gasteiger charge is -2.33. The molecule has 1 amide bonds. The summed E-state index contributed by atoms with van der Waals surface area (Å²) in [6.45, 7) is 4.88. The second-order valence-corrected chi connectivity index (χ2v) is 6.88. The molecule has 25 heavy (non-hydrogen) atoms. The number of nitrogens with one attached hydrogen (secondary N) is 1. The molecule has 0 bridgehead atoms. The molecule has 2 unspecified atom stereocenters. The van der Waals surface area contributed by atoms with Crippen LogP contribution in [0.3, 0.4) is 0 Å². The fraction of sp³-hybridized carbons (Fsp3) is 0.579. The van der Waals surface area contributed by atoms with Crippen molar-refractivity contribution in [1.29, 1.82) is 0 Å². The highest BCUT2D eigenvalue weighted by molar-refractivity contribution is 5.80. The number of benzene rings is 1. The maximum Gasteiger partial charge on any atom is 0.320 e. The number of carbonyl (C=O) groups is 2. The Balaban J connectivity index is 2.03. The molecule has 2 N–H and O–H groups in total. The Morgan fingerprint density at radius 3 is 2.52 bits per heavy atom. The van der Waals surface area contributed by atoms with Crippen molar-refractivity contribution in [1.82, 2.24) is 10.2 Å². The number of aliphatic carboxylic acids is 1. The molecule has 1 aliphatic heterocycles. The highest BCUT2D eigenvalue weighted by Crippen LogP contribution is 2.24. The van der Waals surface area contributed by atoms with E-state index in [1.807, 2.05) is 24.3 Å². The Bertz CT molecular complexity index is 586. The molecule has 6 heteroatoms. The Labute approximate surface area is 149 Å². The van der Waals surface area contributed by atoms with Crippen LogP contribution < -0.4 is 10.1 Å². The summed E-state index contributed by atoms with van der Waals surface area (Å²) >= 11 is 0. The SMILES string of the molecule is COc1ccc(C(NC(=O)CN2CCCCC2C(=O)O)C(C)C)cc1. The van der Waals surface area contributed by atoms with Gasteiger partial charge in [0.2, 0.25) is 5.91 Å². The normalized spacial score (nSPS) is 19.4. The lowest BCUT2D eigenvalue weighted by Crippen LogP contribution is -2.49. The number of ether oxygens (including phenoxy) is 1. The molecule has 0 radical (unpaired) electrons. The van der Waals surface area contributed by atoms with Crippen LogP contribution in [0.2, 0.25) is 0 Å². The number of likely N-dealkylation sites (tertiary alicyclic amines) is 1. The van der Waals surface area contributed by atoms with Crippen LogP contribution in [0, 0.1) is 5.92 Å². The third-order valence-electron chi connectivity index (χ3n) is 4.70. The molecular weight excluding hydrogens is 320 g/mol. The van der Waals surface area contributed by atoms with Crippen LogP contribution in [0.15, 0.2) is 24.3 Å². The summed E-state index contributed by atoms with van der Waals surface area (Å²) in [6, 6.07) is 6.98. The topological polar surface area (TPSA) is 78.9 Å². The summed E-state index contributed by atoms with van der Waals surface area (Å²) in [7, 11) is 1.62. The minimum absolute atomic E-state index is 0.119. The van der Waals surface area contributed by atoms with Crippen molar-refractivity contribution in [2.24, 2.45) is 5.92 Å². The number of amides is 1. The highest BCUT2D eigenvalue weighted by Gasteiger charge is 2.30. The summed E-state index contributed by atoms with van der Waals surface area (Å²) in [5.74, 6) is 0.00917. The number of hydrogen-bond donors (Lipinski definition) is 2. The molecule has 1 aromatic carbocycles. The summed E-state index contributed by atoms with van der Waals surface area (Å²) in [5, 5.41) is 12.4. The molecular formula is C19H28N2O4. The Morgan fingerprint density at radius 2 is 1.96 bits per heavy atom. The Hall–Kier alpha value is -2.08. The molecule has 0 aromatic heterocycles. The first-order chi connectivity index (χ1) is 11.9. The minimum atomic E-state index is -0.844. The fourth-order valence-electron chi connectivity index (χ4n) is 3.31. The lowest BCUT2D eigenvalue weighted by molar-refractivity contribution is -0.145. The van der Waals surface area contributed by atoms with Crippen LogP contribution in [0.25, 0.3) is 0 Å². The predicted octanol–water partition coefficient (Wildman–Crippen LogP) is 2.45. The van der Waals surface area contributed by atoms with Crippen molar-refractivity contribution in [3.05, 3.63) is 29.8 Å². The number of methoxy groups -OCH3 is 1. The van der Waals surface area contributed by atoms with E-state index in [-0.39, 0.29) is 24.4 Å². The van der Waals surface area contributed by atoms with Crippen LogP contribution in [-0.2, 0) is 9.59 Å². The van der Waals surface area contributed by atoms with Crippen molar-refractivity contribution < 1.29 is 19.4 Å². The molecule has 1 fully saturated rings. The van der Waals surface area contributed by atoms with Crippen molar-refractivity contribution in [3.63, 3.8) is 0 Å². The fourth-order valence-corrected chi connectivity index (χ4v) is 3.31. The van der Waals surface area contributed by atoms with Gasteiger partial charge in [-0.05, 0) is 43.0 Å². The summed E-state index contributed by atoms with van der Waals surface area (Å²) in [4.78, 5) is 25.7. The van der Waals surface area contributed by atoms with Gasteiger partial charge >= 0.3 is 5.97 Å². The van der Waals surface area contributed by atoms with Crippen molar-refractivity contribution >= 4 is 11.9 Å². The van der Waals surface area contributed by atoms with E-state index >= 15 is 0 Å². The standard InChI is InChI=1S/C19H28N2O4/c1-13(2)18(14-7-9-15(25-3)10-8-14)20-17(22)12-21-11-5-4-6-16(21)19(23)24/h7-10,13,16,18H,4-6,11-12H2,1-3H3,(H,20,22)(H,23,24). The number of hydrogen-bond acceptors (Lipinski definition) is 4. The molecule has 0 aliphatic carbocycles. The van der Waals surface area contributed by atoms with Crippen LogP contribution in [0.5, 0.6) is 5.75 Å². The van der Waals surface area contributed by atoms with E-state index in [0.717, 1.165) is 24.2 Å². The first-order valence-corrected chi connectivity index (χ1v) is 8.82. The van der Waals surface area contributed by atoms with Gasteiger partial charge in [-0.3, -0.25) is 14.5 Å². The molecule has 138 valence electrons. The Kier molecular flexibility index (Phi) is 6.82. The molecule has 1 aliphatic rings. The largest absolute Gasteiger partial charge is 0.497 e. The first kappa shape index (κ1) is 19.2. The van der Waals surface area contributed by atoms with Gasteiger partial charge in [0.1, 0.15) is 11.8 Å². The molecule has 1 aromatic rings. The van der Waals surface area contributed by atoms with Crippen molar-refractivity contribution in [2.75, 3.05) is 20.2 Å². The van der Waals surface area contributed by atoms with Crippen LogP contribution in [0.4, 0.5) is 0 Å². The molecule has 2 atom stereocenters. The summed E-state index contributed by atoms with van der Waals surface area (Å²) < 4.78 is 5.18. The van der Waals surface area contributed by atoms with Gasteiger partial charge in [-0.1, -0.05) is 32.4 Å². The van der Waals surface area contributed by atoms with Gasteiger partial charge < -0.3 is 15.2 Å². The van der Waals surface area contributed by atoms with Crippen LogP contribution in [0.1, 0.15) is 44.7 Å². The molecule has 6 nitrogen and oxygen atoms in total. The molecule has 1 saturated heterocycles. The number of carbonyl (C=O) groups excluding carboxylic acids is 1. The first-order valence-electron chi connectivity index (χ1n) is 8.82. The average molecular weight is 348 g/mol. The number of carboxylic acids is 1. The minimum Gasteiger partial charge on any atom is -0.497 e. The number of piperidine rings is 1. The van der Waals surface area contributed by atoms with E-state index in [2.05, 4.69) is 19.2 Å². The molecule has 1 heterocycles. The van der Waals surface area contributed by atoms with Gasteiger partial charge in [-0.15, -0.1) is 0 Å². The zero-order valence-corrected chi connectivity index (χ0v) is 15.2. The van der Waals surface area contributed by atoms with Crippen LogP contribution in [-0.4, -0.2) is 48.1 Å². The zero-order chi connectivity index (χ0) is 18.4. The van der Waals surface area contributed by atoms with Crippen LogP contribution >= 0.6 is 0 Å². The third-order valence-corrected chi connectivity index (χ3v) is 4.70. The summed E-state index contributed by atoms with van der Waals surface area (Å²) in [6.07, 6.45) is 2.44. The maximum absolute atomic E-state index is 12.5. The smallest absolute Gasteiger partial charge is 0.320 e. The predicted molar refractivity (Wildman–Crippen MR) is 95.6 cm³/mol. The second kappa shape index (κ2) is 8.85. The van der Waals surface area contributed by atoms with Gasteiger partial charge in [0.25, 0.3) is 0 Å². The zero-order valence-electron chi connectivity index (χ0n) is 15.2. The van der Waals surface area contributed by atoms with E-state index in [1.165, 1.54) is 0 Å². The number of nitrogens with zero attached hydrogens (tertiary/aromatic N) is 1.